The molecule has 0 aliphatic carbocycles. The van der Waals surface area contributed by atoms with E-state index in [-0.39, 0.29) is 18.4 Å². The van der Waals surface area contributed by atoms with Gasteiger partial charge in [0.2, 0.25) is 5.91 Å². The molecule has 14 heavy (non-hydrogen) atoms. The van der Waals surface area contributed by atoms with Crippen LogP contribution >= 0.6 is 0 Å². The highest BCUT2D eigenvalue weighted by molar-refractivity contribution is 5.86. The number of nitrogens with zero attached hydrogens (tertiary/aromatic N) is 1. The van der Waals surface area contributed by atoms with E-state index in [2.05, 4.69) is 0 Å². The minimum Gasteiger partial charge on any atom is -0.396 e. The molecular weight excluding hydrogens is 180 g/mol. The molecule has 1 aliphatic heterocycles. The van der Waals surface area contributed by atoms with Crippen molar-refractivity contribution in [3.63, 3.8) is 0 Å². The number of hydrogen-bond acceptors (Lipinski definition) is 3. The molecule has 0 aromatic rings. The van der Waals surface area contributed by atoms with E-state index in [1.807, 2.05) is 6.92 Å². The van der Waals surface area contributed by atoms with Crippen LogP contribution in [0.4, 0.5) is 0 Å². The lowest BCUT2D eigenvalue weighted by molar-refractivity contribution is -0.144. The molecule has 1 saturated heterocycles. The fraction of sp³-hybridized carbons (Fsp3) is 0.900. The van der Waals surface area contributed by atoms with Gasteiger partial charge in [0.05, 0.1) is 5.54 Å². The van der Waals surface area contributed by atoms with Crippen molar-refractivity contribution in [2.24, 2.45) is 11.7 Å². The fourth-order valence-corrected chi connectivity index (χ4v) is 1.84. The lowest BCUT2D eigenvalue weighted by atomic mass is 9.91. The third-order valence-corrected chi connectivity index (χ3v) is 2.76. The van der Waals surface area contributed by atoms with E-state index in [1.165, 1.54) is 0 Å². The van der Waals surface area contributed by atoms with Crippen LogP contribution in [0.5, 0.6) is 0 Å². The highest BCUT2D eigenvalue weighted by Crippen LogP contribution is 2.20. The lowest BCUT2D eigenvalue weighted by Crippen LogP contribution is -2.60. The largest absolute Gasteiger partial charge is 0.396 e. The maximum atomic E-state index is 11.8. The lowest BCUT2D eigenvalue weighted by Gasteiger charge is -2.42. The van der Waals surface area contributed by atoms with Gasteiger partial charge in [-0.05, 0) is 13.3 Å². The van der Waals surface area contributed by atoms with Crippen LogP contribution in [0.25, 0.3) is 0 Å². The molecule has 0 spiro atoms. The zero-order valence-corrected chi connectivity index (χ0v) is 8.99. The maximum absolute atomic E-state index is 11.8. The predicted molar refractivity (Wildman–Crippen MR) is 54.7 cm³/mol. The number of nitrogens with two attached hydrogens (primary N) is 1. The monoisotopic (exact) mass is 200 g/mol. The summed E-state index contributed by atoms with van der Waals surface area (Å²) in [5.41, 5.74) is 5.19. The Morgan fingerprint density at radius 1 is 1.64 bits per heavy atom. The van der Waals surface area contributed by atoms with Gasteiger partial charge in [0.1, 0.15) is 0 Å². The van der Waals surface area contributed by atoms with Crippen molar-refractivity contribution in [3.8, 4) is 0 Å². The molecular formula is C10H20N2O2. The van der Waals surface area contributed by atoms with E-state index >= 15 is 0 Å². The average molecular weight is 200 g/mol. The Hall–Kier alpha value is -0.610. The first-order chi connectivity index (χ1) is 6.51. The molecule has 82 valence electrons. The van der Waals surface area contributed by atoms with E-state index in [9.17, 15) is 4.79 Å². The van der Waals surface area contributed by atoms with Crippen LogP contribution in [0.1, 0.15) is 26.7 Å². The molecule has 1 aliphatic rings. The Morgan fingerprint density at radius 2 is 2.21 bits per heavy atom. The number of carbonyl (C=O) groups excluding carboxylic acids is 1. The molecule has 1 fully saturated rings. The Kier molecular flexibility index (Phi) is 3.50. The van der Waals surface area contributed by atoms with Crippen LogP contribution < -0.4 is 5.73 Å². The number of carbonyl (C=O) groups is 1. The first-order valence-corrected chi connectivity index (χ1v) is 5.20. The van der Waals surface area contributed by atoms with E-state index in [0.717, 1.165) is 6.42 Å². The SMILES string of the molecule is CCCC(C)(N)C(=O)N1CC(CO)C1. The van der Waals surface area contributed by atoms with Crippen LogP contribution in [0.2, 0.25) is 0 Å². The highest BCUT2D eigenvalue weighted by Gasteiger charge is 2.38. The number of amides is 1. The molecule has 0 bridgehead atoms. The second-order valence-corrected chi connectivity index (χ2v) is 4.43. The summed E-state index contributed by atoms with van der Waals surface area (Å²) < 4.78 is 0. The molecule has 1 unspecified atom stereocenters. The van der Waals surface area contributed by atoms with Gasteiger partial charge in [-0.15, -0.1) is 0 Å². The summed E-state index contributed by atoms with van der Waals surface area (Å²) in [4.78, 5) is 13.6. The molecule has 0 saturated carbocycles. The topological polar surface area (TPSA) is 66.6 Å². The highest BCUT2D eigenvalue weighted by atomic mass is 16.3. The fourth-order valence-electron chi connectivity index (χ4n) is 1.84. The second kappa shape index (κ2) is 4.28. The molecule has 1 rings (SSSR count). The summed E-state index contributed by atoms with van der Waals surface area (Å²) >= 11 is 0. The standard InChI is InChI=1S/C10H20N2O2/c1-3-4-10(2,11)9(14)12-5-8(6-12)7-13/h8,13H,3-7,11H2,1-2H3. The van der Waals surface area contributed by atoms with Crippen molar-refractivity contribution < 1.29 is 9.90 Å². The van der Waals surface area contributed by atoms with Crippen LogP contribution in [0.3, 0.4) is 0 Å². The summed E-state index contributed by atoms with van der Waals surface area (Å²) in [5, 5.41) is 8.82. The molecule has 0 aromatic carbocycles. The van der Waals surface area contributed by atoms with Gasteiger partial charge < -0.3 is 15.7 Å². The van der Waals surface area contributed by atoms with Crippen LogP contribution in [-0.2, 0) is 4.79 Å². The molecule has 1 heterocycles. The zero-order valence-electron chi connectivity index (χ0n) is 8.99. The Labute approximate surface area is 85.1 Å². The number of hydrogen-bond donors (Lipinski definition) is 2. The first-order valence-electron chi connectivity index (χ1n) is 5.20. The van der Waals surface area contributed by atoms with Crippen LogP contribution in [0.15, 0.2) is 0 Å². The maximum Gasteiger partial charge on any atom is 0.242 e. The van der Waals surface area contributed by atoms with Gasteiger partial charge in [-0.1, -0.05) is 13.3 Å². The Bertz CT molecular complexity index is 210. The van der Waals surface area contributed by atoms with Crippen molar-refractivity contribution in [1.82, 2.24) is 4.90 Å². The predicted octanol–water partition coefficient (Wildman–Crippen LogP) is -0.0454. The third kappa shape index (κ3) is 2.25. The van der Waals surface area contributed by atoms with Crippen LogP contribution in [0, 0.1) is 5.92 Å². The molecule has 0 aromatic heterocycles. The molecule has 3 N–H and O–H groups in total. The van der Waals surface area contributed by atoms with Crippen LogP contribution in [-0.4, -0.2) is 41.1 Å². The summed E-state index contributed by atoms with van der Waals surface area (Å²) in [6.45, 7) is 5.28. The Balaban J connectivity index is 2.42. The van der Waals surface area contributed by atoms with E-state index in [0.29, 0.717) is 19.5 Å². The van der Waals surface area contributed by atoms with E-state index < -0.39 is 5.54 Å². The zero-order chi connectivity index (χ0) is 10.8. The first kappa shape index (κ1) is 11.5. The van der Waals surface area contributed by atoms with Crippen molar-refractivity contribution in [3.05, 3.63) is 0 Å². The van der Waals surface area contributed by atoms with Gasteiger partial charge in [0.15, 0.2) is 0 Å². The number of aliphatic hydroxyl groups excluding tert-OH is 1. The molecule has 0 radical (unpaired) electrons. The third-order valence-electron chi connectivity index (χ3n) is 2.76. The van der Waals surface area contributed by atoms with Crippen molar-refractivity contribution >= 4 is 5.91 Å². The summed E-state index contributed by atoms with van der Waals surface area (Å²) in [7, 11) is 0. The smallest absolute Gasteiger partial charge is 0.242 e. The molecule has 1 atom stereocenters. The van der Waals surface area contributed by atoms with Gasteiger partial charge >= 0.3 is 0 Å². The second-order valence-electron chi connectivity index (χ2n) is 4.43. The minimum absolute atomic E-state index is 0.0176. The quantitative estimate of drug-likeness (QED) is 0.669. The van der Waals surface area contributed by atoms with Crippen molar-refractivity contribution in [2.45, 2.75) is 32.2 Å². The molecule has 4 nitrogen and oxygen atoms in total. The average Bonchev–Trinajstić information content (AvgIpc) is 2.02. The number of aliphatic hydroxyl groups is 1. The molecule has 1 amide bonds. The van der Waals surface area contributed by atoms with E-state index in [1.54, 1.807) is 11.8 Å². The van der Waals surface area contributed by atoms with Gasteiger partial charge in [-0.2, -0.15) is 0 Å². The normalized spacial score (nSPS) is 21.6. The number of likely N-dealkylation sites (tertiary alicyclic amines) is 1. The van der Waals surface area contributed by atoms with Crippen molar-refractivity contribution in [2.75, 3.05) is 19.7 Å². The minimum atomic E-state index is -0.727. The van der Waals surface area contributed by atoms with Gasteiger partial charge in [0, 0.05) is 25.6 Å². The summed E-state index contributed by atoms with van der Waals surface area (Å²) in [6.07, 6.45) is 1.63. The van der Waals surface area contributed by atoms with Gasteiger partial charge in [-0.3, -0.25) is 4.79 Å². The summed E-state index contributed by atoms with van der Waals surface area (Å²) in [5.74, 6) is 0.278. The Morgan fingerprint density at radius 3 is 2.64 bits per heavy atom. The van der Waals surface area contributed by atoms with Gasteiger partial charge in [-0.25, -0.2) is 0 Å². The summed E-state index contributed by atoms with van der Waals surface area (Å²) in [6, 6.07) is 0. The van der Waals surface area contributed by atoms with Crippen molar-refractivity contribution in [1.29, 1.82) is 0 Å². The molecule has 4 heteroatoms. The van der Waals surface area contributed by atoms with E-state index in [4.69, 9.17) is 10.8 Å². The number of rotatable bonds is 4. The van der Waals surface area contributed by atoms with Gasteiger partial charge in [0.25, 0.3) is 0 Å².